The Labute approximate surface area is 90.0 Å². The largest absolute Gasteiger partial charge is 0.306 e. The molecule has 0 bridgehead atoms. The Morgan fingerprint density at radius 3 is 2.73 bits per heavy atom. The topological polar surface area (TPSA) is 21.1 Å². The lowest BCUT2D eigenvalue weighted by molar-refractivity contribution is 0.402. The summed E-state index contributed by atoms with van der Waals surface area (Å²) in [7, 11) is 4.15. The molecular weight excluding hydrogens is 186 g/mol. The highest BCUT2D eigenvalue weighted by Gasteiger charge is 2.03. The molecule has 0 aliphatic carbocycles. The van der Waals surface area contributed by atoms with Gasteiger partial charge in [-0.05, 0) is 25.7 Å². The van der Waals surface area contributed by atoms with Crippen LogP contribution in [0.4, 0.5) is 0 Å². The molecule has 3 nitrogen and oxygen atoms in total. The van der Waals surface area contributed by atoms with E-state index in [-0.39, 0.29) is 0 Å². The Kier molecular flexibility index (Phi) is 2.83. The Morgan fingerprint density at radius 2 is 2.07 bits per heavy atom. The van der Waals surface area contributed by atoms with Crippen LogP contribution in [0.3, 0.4) is 0 Å². The van der Waals surface area contributed by atoms with Crippen molar-refractivity contribution in [2.75, 3.05) is 14.1 Å². The minimum Gasteiger partial charge on any atom is -0.306 e. The Balaban J connectivity index is 2.38. The third-order valence-corrected chi connectivity index (χ3v) is 2.26. The standard InChI is InChI=1S/C12H15N3/c1-14(2)9-11-5-3-4-6-12(11)15-8-7-13-10-15/h3-8,10H,9H2,1-2H3. The summed E-state index contributed by atoms with van der Waals surface area (Å²) in [5.41, 5.74) is 2.50. The molecule has 0 aliphatic rings. The van der Waals surface area contributed by atoms with Gasteiger partial charge in [0.1, 0.15) is 0 Å². The zero-order valence-corrected chi connectivity index (χ0v) is 9.09. The molecule has 0 aliphatic heterocycles. The van der Waals surface area contributed by atoms with Gasteiger partial charge in [0.05, 0.1) is 12.0 Å². The maximum Gasteiger partial charge on any atom is 0.0991 e. The van der Waals surface area contributed by atoms with E-state index in [0.717, 1.165) is 6.54 Å². The molecule has 0 spiro atoms. The monoisotopic (exact) mass is 201 g/mol. The van der Waals surface area contributed by atoms with Gasteiger partial charge in [-0.2, -0.15) is 0 Å². The zero-order chi connectivity index (χ0) is 10.7. The van der Waals surface area contributed by atoms with E-state index < -0.39 is 0 Å². The molecule has 15 heavy (non-hydrogen) atoms. The Bertz CT molecular complexity index is 418. The number of benzene rings is 1. The van der Waals surface area contributed by atoms with E-state index in [4.69, 9.17) is 0 Å². The minimum atomic E-state index is 0.939. The van der Waals surface area contributed by atoms with Crippen molar-refractivity contribution in [1.82, 2.24) is 14.5 Å². The Morgan fingerprint density at radius 1 is 1.27 bits per heavy atom. The van der Waals surface area contributed by atoms with Gasteiger partial charge in [-0.1, -0.05) is 18.2 Å². The molecule has 1 aromatic carbocycles. The highest BCUT2D eigenvalue weighted by molar-refractivity contribution is 5.40. The molecule has 0 atom stereocenters. The van der Waals surface area contributed by atoms with Gasteiger partial charge in [-0.15, -0.1) is 0 Å². The van der Waals surface area contributed by atoms with Crippen LogP contribution in [0.1, 0.15) is 5.56 Å². The third-order valence-electron chi connectivity index (χ3n) is 2.26. The quantitative estimate of drug-likeness (QED) is 0.756. The SMILES string of the molecule is CN(C)Cc1ccccc1-n1ccnc1. The molecule has 0 amide bonds. The number of hydrogen-bond donors (Lipinski definition) is 0. The summed E-state index contributed by atoms with van der Waals surface area (Å²) < 4.78 is 2.04. The summed E-state index contributed by atoms with van der Waals surface area (Å²) in [6, 6.07) is 8.38. The molecule has 1 aromatic heterocycles. The van der Waals surface area contributed by atoms with Gasteiger partial charge in [-0.25, -0.2) is 4.98 Å². The van der Waals surface area contributed by atoms with Gasteiger partial charge < -0.3 is 9.47 Å². The van der Waals surface area contributed by atoms with Gasteiger partial charge in [0.15, 0.2) is 0 Å². The maximum absolute atomic E-state index is 4.07. The normalized spacial score (nSPS) is 10.9. The van der Waals surface area contributed by atoms with Crippen molar-refractivity contribution in [2.45, 2.75) is 6.54 Å². The van der Waals surface area contributed by atoms with Crippen LogP contribution in [-0.4, -0.2) is 28.5 Å². The van der Waals surface area contributed by atoms with Gasteiger partial charge in [0.25, 0.3) is 0 Å². The number of aromatic nitrogens is 2. The van der Waals surface area contributed by atoms with Crippen molar-refractivity contribution in [1.29, 1.82) is 0 Å². The molecular formula is C12H15N3. The fourth-order valence-electron chi connectivity index (χ4n) is 1.64. The van der Waals surface area contributed by atoms with Crippen LogP contribution < -0.4 is 0 Å². The predicted octanol–water partition coefficient (Wildman–Crippen LogP) is 1.93. The van der Waals surface area contributed by atoms with E-state index in [1.165, 1.54) is 11.3 Å². The average molecular weight is 201 g/mol. The zero-order valence-electron chi connectivity index (χ0n) is 9.09. The van der Waals surface area contributed by atoms with Crippen molar-refractivity contribution in [3.05, 3.63) is 48.5 Å². The van der Waals surface area contributed by atoms with Crippen LogP contribution in [0.5, 0.6) is 0 Å². The van der Waals surface area contributed by atoms with Crippen LogP contribution in [0.15, 0.2) is 43.0 Å². The second-order valence-electron chi connectivity index (χ2n) is 3.84. The van der Waals surface area contributed by atoms with Crippen LogP contribution >= 0.6 is 0 Å². The summed E-state index contributed by atoms with van der Waals surface area (Å²) in [6.45, 7) is 0.939. The average Bonchev–Trinajstić information content (AvgIpc) is 2.70. The summed E-state index contributed by atoms with van der Waals surface area (Å²) in [5.74, 6) is 0. The fraction of sp³-hybridized carbons (Fsp3) is 0.250. The Hall–Kier alpha value is -1.61. The molecule has 78 valence electrons. The van der Waals surface area contributed by atoms with E-state index in [2.05, 4.69) is 48.2 Å². The number of para-hydroxylation sites is 1. The molecule has 0 unspecified atom stereocenters. The lowest BCUT2D eigenvalue weighted by atomic mass is 10.1. The molecule has 2 aromatic rings. The molecule has 0 saturated heterocycles. The lowest BCUT2D eigenvalue weighted by Gasteiger charge is -2.14. The first-order valence-electron chi connectivity index (χ1n) is 4.98. The van der Waals surface area contributed by atoms with E-state index in [1.54, 1.807) is 6.20 Å². The van der Waals surface area contributed by atoms with Gasteiger partial charge in [0.2, 0.25) is 0 Å². The van der Waals surface area contributed by atoms with Gasteiger partial charge >= 0.3 is 0 Å². The number of imidazole rings is 1. The summed E-state index contributed by atoms with van der Waals surface area (Å²) in [6.07, 6.45) is 5.59. The predicted molar refractivity (Wildman–Crippen MR) is 61.0 cm³/mol. The molecule has 1 heterocycles. The summed E-state index contributed by atoms with van der Waals surface area (Å²) >= 11 is 0. The molecule has 0 fully saturated rings. The molecule has 0 radical (unpaired) electrons. The number of nitrogens with zero attached hydrogens (tertiary/aromatic N) is 3. The highest BCUT2D eigenvalue weighted by Crippen LogP contribution is 2.14. The van der Waals surface area contributed by atoms with Crippen molar-refractivity contribution < 1.29 is 0 Å². The van der Waals surface area contributed by atoms with Crippen LogP contribution in [0, 0.1) is 0 Å². The number of hydrogen-bond acceptors (Lipinski definition) is 2. The van der Waals surface area contributed by atoms with Crippen molar-refractivity contribution >= 4 is 0 Å². The van der Waals surface area contributed by atoms with Crippen LogP contribution in [0.25, 0.3) is 5.69 Å². The molecule has 2 rings (SSSR count). The van der Waals surface area contributed by atoms with Gasteiger partial charge in [0, 0.05) is 18.9 Å². The fourth-order valence-corrected chi connectivity index (χ4v) is 1.64. The van der Waals surface area contributed by atoms with Crippen molar-refractivity contribution in [2.24, 2.45) is 0 Å². The van der Waals surface area contributed by atoms with E-state index in [9.17, 15) is 0 Å². The smallest absolute Gasteiger partial charge is 0.0991 e. The lowest BCUT2D eigenvalue weighted by Crippen LogP contribution is -2.12. The second kappa shape index (κ2) is 4.28. The van der Waals surface area contributed by atoms with Crippen molar-refractivity contribution in [3.63, 3.8) is 0 Å². The number of rotatable bonds is 3. The third kappa shape index (κ3) is 2.25. The first-order valence-corrected chi connectivity index (χ1v) is 4.98. The first kappa shape index (κ1) is 9.93. The van der Waals surface area contributed by atoms with E-state index in [0.29, 0.717) is 0 Å². The maximum atomic E-state index is 4.07. The molecule has 0 N–H and O–H groups in total. The minimum absolute atomic E-state index is 0.939. The molecule has 0 saturated carbocycles. The highest BCUT2D eigenvalue weighted by atomic mass is 15.1. The second-order valence-corrected chi connectivity index (χ2v) is 3.84. The molecule has 3 heteroatoms. The first-order chi connectivity index (χ1) is 7.27. The van der Waals surface area contributed by atoms with Crippen LogP contribution in [0.2, 0.25) is 0 Å². The van der Waals surface area contributed by atoms with E-state index >= 15 is 0 Å². The summed E-state index contributed by atoms with van der Waals surface area (Å²) in [5, 5.41) is 0. The van der Waals surface area contributed by atoms with E-state index in [1.807, 2.05) is 17.1 Å². The van der Waals surface area contributed by atoms with Crippen molar-refractivity contribution in [3.8, 4) is 5.69 Å². The van der Waals surface area contributed by atoms with Crippen LogP contribution in [-0.2, 0) is 6.54 Å². The summed E-state index contributed by atoms with van der Waals surface area (Å²) in [4.78, 5) is 6.23. The van der Waals surface area contributed by atoms with Gasteiger partial charge in [-0.3, -0.25) is 0 Å².